The molecular weight excluding hydrogens is 302 g/mol. The molecule has 130 valence electrons. The summed E-state index contributed by atoms with van der Waals surface area (Å²) in [7, 11) is 2.21. The average molecular weight is 329 g/mol. The van der Waals surface area contributed by atoms with Crippen molar-refractivity contribution in [1.29, 1.82) is 0 Å². The Morgan fingerprint density at radius 3 is 2.71 bits per heavy atom. The van der Waals surface area contributed by atoms with Gasteiger partial charge in [-0.1, -0.05) is 6.92 Å². The standard InChI is InChI=1S/C17H27N7/c1-3-14-10-15(16-20-19-13-24(16)21-14)18-11-17(4-5-17)12-23-8-6-22(2)7-9-23/h10,13,18H,3-9,11-12H2,1-2H3. The fourth-order valence-corrected chi connectivity index (χ4v) is 3.51. The van der Waals surface area contributed by atoms with Gasteiger partial charge in [0.25, 0.3) is 0 Å². The largest absolute Gasteiger partial charge is 0.381 e. The number of fused-ring (bicyclic) bond motifs is 1. The van der Waals surface area contributed by atoms with Crippen molar-refractivity contribution in [2.24, 2.45) is 5.41 Å². The van der Waals surface area contributed by atoms with Crippen molar-refractivity contribution >= 4 is 11.3 Å². The Kier molecular flexibility index (Phi) is 4.14. The highest BCUT2D eigenvalue weighted by Gasteiger charge is 2.44. The zero-order chi connectivity index (χ0) is 16.6. The van der Waals surface area contributed by atoms with Gasteiger partial charge >= 0.3 is 0 Å². The highest BCUT2D eigenvalue weighted by molar-refractivity contribution is 5.66. The maximum atomic E-state index is 4.51. The van der Waals surface area contributed by atoms with E-state index in [0.717, 1.165) is 30.0 Å². The number of nitrogens with zero attached hydrogens (tertiary/aromatic N) is 6. The number of aromatic nitrogens is 4. The number of aryl methyl sites for hydroxylation is 1. The van der Waals surface area contributed by atoms with Crippen molar-refractivity contribution in [3.63, 3.8) is 0 Å². The number of hydrogen-bond donors (Lipinski definition) is 1. The van der Waals surface area contributed by atoms with Gasteiger partial charge in [-0.2, -0.15) is 9.61 Å². The first-order valence-corrected chi connectivity index (χ1v) is 9.02. The summed E-state index contributed by atoms with van der Waals surface area (Å²) in [6.07, 6.45) is 5.23. The molecule has 0 aromatic carbocycles. The number of anilines is 1. The third-order valence-electron chi connectivity index (χ3n) is 5.45. The van der Waals surface area contributed by atoms with Crippen LogP contribution in [0.1, 0.15) is 25.5 Å². The van der Waals surface area contributed by atoms with Gasteiger partial charge in [0, 0.05) is 44.7 Å². The molecule has 0 unspecified atom stereocenters. The maximum absolute atomic E-state index is 4.51. The van der Waals surface area contributed by atoms with E-state index in [1.54, 1.807) is 10.8 Å². The summed E-state index contributed by atoms with van der Waals surface area (Å²) < 4.78 is 1.78. The van der Waals surface area contributed by atoms with Crippen LogP contribution in [0.25, 0.3) is 5.65 Å². The van der Waals surface area contributed by atoms with Crippen LogP contribution in [0, 0.1) is 5.41 Å². The first-order chi connectivity index (χ1) is 11.7. The Morgan fingerprint density at radius 1 is 1.21 bits per heavy atom. The molecule has 0 amide bonds. The van der Waals surface area contributed by atoms with Crippen LogP contribution in [-0.4, -0.2) is 75.9 Å². The van der Waals surface area contributed by atoms with Crippen molar-refractivity contribution in [3.05, 3.63) is 18.1 Å². The molecule has 0 radical (unpaired) electrons. The van der Waals surface area contributed by atoms with Gasteiger partial charge in [-0.15, -0.1) is 10.2 Å². The monoisotopic (exact) mass is 329 g/mol. The van der Waals surface area contributed by atoms with Gasteiger partial charge in [0.1, 0.15) is 6.33 Å². The lowest BCUT2D eigenvalue weighted by Gasteiger charge is -2.35. The van der Waals surface area contributed by atoms with Gasteiger partial charge in [-0.3, -0.25) is 0 Å². The molecule has 1 saturated carbocycles. The molecule has 1 aliphatic carbocycles. The zero-order valence-corrected chi connectivity index (χ0v) is 14.7. The van der Waals surface area contributed by atoms with Crippen LogP contribution >= 0.6 is 0 Å². The molecule has 1 N–H and O–H groups in total. The second-order valence-corrected chi connectivity index (χ2v) is 7.43. The summed E-state index contributed by atoms with van der Waals surface area (Å²) in [6.45, 7) is 9.11. The molecule has 1 aliphatic heterocycles. The number of hydrogen-bond acceptors (Lipinski definition) is 6. The van der Waals surface area contributed by atoms with E-state index >= 15 is 0 Å². The lowest BCUT2D eigenvalue weighted by molar-refractivity contribution is 0.133. The summed E-state index contributed by atoms with van der Waals surface area (Å²) >= 11 is 0. The van der Waals surface area contributed by atoms with E-state index in [9.17, 15) is 0 Å². The minimum atomic E-state index is 0.433. The Hall–Kier alpha value is -1.73. The fraction of sp³-hybridized carbons (Fsp3) is 0.706. The number of likely N-dealkylation sites (N-methyl/N-ethyl adjacent to an activating group) is 1. The van der Waals surface area contributed by atoms with Gasteiger partial charge in [0.05, 0.1) is 11.4 Å². The van der Waals surface area contributed by atoms with Gasteiger partial charge in [-0.05, 0) is 32.4 Å². The Labute approximate surface area is 143 Å². The molecule has 2 fully saturated rings. The van der Waals surface area contributed by atoms with Gasteiger partial charge in [-0.25, -0.2) is 0 Å². The van der Waals surface area contributed by atoms with Crippen molar-refractivity contribution in [2.75, 3.05) is 51.6 Å². The average Bonchev–Trinajstić information content (AvgIpc) is 3.19. The van der Waals surface area contributed by atoms with E-state index in [1.807, 2.05) is 0 Å². The molecule has 0 bridgehead atoms. The minimum Gasteiger partial charge on any atom is -0.381 e. The van der Waals surface area contributed by atoms with Crippen LogP contribution < -0.4 is 5.32 Å². The zero-order valence-electron chi connectivity index (χ0n) is 14.7. The molecular formula is C17H27N7. The van der Waals surface area contributed by atoms with Gasteiger partial charge < -0.3 is 15.1 Å². The summed E-state index contributed by atoms with van der Waals surface area (Å²) in [5, 5.41) is 16.4. The topological polar surface area (TPSA) is 61.6 Å². The first-order valence-electron chi connectivity index (χ1n) is 9.02. The molecule has 1 saturated heterocycles. The fourth-order valence-electron chi connectivity index (χ4n) is 3.51. The van der Waals surface area contributed by atoms with E-state index in [-0.39, 0.29) is 0 Å². The predicted molar refractivity (Wildman–Crippen MR) is 94.3 cm³/mol. The molecule has 2 aromatic heterocycles. The van der Waals surface area contributed by atoms with Crippen molar-refractivity contribution in [1.82, 2.24) is 29.6 Å². The highest BCUT2D eigenvalue weighted by Crippen LogP contribution is 2.46. The van der Waals surface area contributed by atoms with Crippen molar-refractivity contribution in [2.45, 2.75) is 26.2 Å². The normalized spacial score (nSPS) is 21.2. The van der Waals surface area contributed by atoms with Crippen LogP contribution in [0.5, 0.6) is 0 Å². The minimum absolute atomic E-state index is 0.433. The summed E-state index contributed by atoms with van der Waals surface area (Å²) in [6, 6.07) is 2.12. The lowest BCUT2D eigenvalue weighted by atomic mass is 10.1. The van der Waals surface area contributed by atoms with Crippen molar-refractivity contribution < 1.29 is 0 Å². The predicted octanol–water partition coefficient (Wildman–Crippen LogP) is 1.13. The Balaban J connectivity index is 1.42. The summed E-state index contributed by atoms with van der Waals surface area (Å²) in [5.41, 5.74) is 3.38. The summed E-state index contributed by atoms with van der Waals surface area (Å²) in [5.74, 6) is 0. The Morgan fingerprint density at radius 2 is 2.00 bits per heavy atom. The van der Waals surface area contributed by atoms with Crippen LogP contribution in [-0.2, 0) is 6.42 Å². The molecule has 3 heterocycles. The SMILES string of the molecule is CCc1cc(NCC2(CN3CCN(C)CC3)CC2)c2nncn2n1. The number of nitrogens with one attached hydrogen (secondary N) is 1. The van der Waals surface area contributed by atoms with E-state index < -0.39 is 0 Å². The quantitative estimate of drug-likeness (QED) is 0.857. The van der Waals surface area contributed by atoms with Gasteiger partial charge in [0.15, 0.2) is 0 Å². The molecule has 24 heavy (non-hydrogen) atoms. The van der Waals surface area contributed by atoms with E-state index in [2.05, 4.69) is 50.5 Å². The van der Waals surface area contributed by atoms with Crippen LogP contribution in [0.3, 0.4) is 0 Å². The van der Waals surface area contributed by atoms with E-state index in [1.165, 1.54) is 45.6 Å². The van der Waals surface area contributed by atoms with Gasteiger partial charge in [0.2, 0.25) is 5.65 Å². The van der Waals surface area contributed by atoms with Crippen molar-refractivity contribution in [3.8, 4) is 0 Å². The Bertz CT molecular complexity index is 698. The lowest BCUT2D eigenvalue weighted by Crippen LogP contribution is -2.47. The molecule has 7 nitrogen and oxygen atoms in total. The smallest absolute Gasteiger partial charge is 0.200 e. The van der Waals surface area contributed by atoms with E-state index in [0.29, 0.717) is 5.41 Å². The highest BCUT2D eigenvalue weighted by atomic mass is 15.3. The van der Waals surface area contributed by atoms with Crippen LogP contribution in [0.4, 0.5) is 5.69 Å². The molecule has 2 aliphatic rings. The molecule has 0 atom stereocenters. The second kappa shape index (κ2) is 6.29. The molecule has 4 rings (SSSR count). The van der Waals surface area contributed by atoms with E-state index in [4.69, 9.17) is 0 Å². The van der Waals surface area contributed by atoms with Crippen LogP contribution in [0.2, 0.25) is 0 Å². The second-order valence-electron chi connectivity index (χ2n) is 7.43. The molecule has 2 aromatic rings. The third-order valence-corrected chi connectivity index (χ3v) is 5.45. The third kappa shape index (κ3) is 3.23. The maximum Gasteiger partial charge on any atom is 0.200 e. The molecule has 0 spiro atoms. The molecule has 7 heteroatoms. The first kappa shape index (κ1) is 15.8. The number of piperazine rings is 1. The number of rotatable bonds is 6. The van der Waals surface area contributed by atoms with Crippen LogP contribution in [0.15, 0.2) is 12.4 Å². The summed E-state index contributed by atoms with van der Waals surface area (Å²) in [4.78, 5) is 5.05.